The molecule has 388 valence electrons. The fourth-order valence-corrected chi connectivity index (χ4v) is 9.58. The molecule has 0 spiro atoms. The molecule has 5 N–H and O–H groups in total. The summed E-state index contributed by atoms with van der Waals surface area (Å²) in [4.78, 5) is 12.6. The van der Waals surface area contributed by atoms with Gasteiger partial charge >= 0.3 is 0 Å². The summed E-state index contributed by atoms with van der Waals surface area (Å²) in [6, 6.07) is -0.982. The van der Waals surface area contributed by atoms with Gasteiger partial charge in [0.05, 0.1) is 18.8 Å². The molecule has 6 nitrogen and oxygen atoms in total. The number of aliphatic hydroxyl groups is 4. The molecule has 0 aromatic rings. The van der Waals surface area contributed by atoms with Gasteiger partial charge in [0.1, 0.15) is 12.2 Å². The number of rotatable bonds is 55. The monoisotopic (exact) mass is 920 g/mol. The maximum Gasteiger partial charge on any atom is 0.249 e. The number of amides is 1. The number of hydrogen-bond donors (Lipinski definition) is 5. The van der Waals surface area contributed by atoms with Crippen LogP contribution in [0.25, 0.3) is 0 Å². The molecule has 0 aliphatic heterocycles. The van der Waals surface area contributed by atoms with E-state index in [1.807, 2.05) is 0 Å². The molecule has 0 aliphatic carbocycles. The Balaban J connectivity index is 3.52. The highest BCUT2D eigenvalue weighted by Crippen LogP contribution is 2.18. The van der Waals surface area contributed by atoms with Crippen molar-refractivity contribution in [3.8, 4) is 0 Å². The third kappa shape index (κ3) is 47.9. The van der Waals surface area contributed by atoms with E-state index in [0.29, 0.717) is 12.8 Å². The van der Waals surface area contributed by atoms with Gasteiger partial charge in [-0.3, -0.25) is 4.79 Å². The minimum absolute atomic E-state index is 0.374. The fourth-order valence-electron chi connectivity index (χ4n) is 9.58. The highest BCUT2D eigenvalue weighted by Gasteiger charge is 2.28. The molecule has 0 rings (SSSR count). The van der Waals surface area contributed by atoms with Gasteiger partial charge in [-0.25, -0.2) is 0 Å². The maximum absolute atomic E-state index is 12.6. The summed E-state index contributed by atoms with van der Waals surface area (Å²) in [5, 5.41) is 44.0. The van der Waals surface area contributed by atoms with E-state index >= 15 is 0 Å². The van der Waals surface area contributed by atoms with Crippen LogP contribution in [0.15, 0.2) is 12.2 Å². The second-order valence-corrected chi connectivity index (χ2v) is 20.7. The van der Waals surface area contributed by atoms with Gasteiger partial charge in [-0.15, -0.1) is 0 Å². The summed E-state index contributed by atoms with van der Waals surface area (Å²) < 4.78 is 0. The van der Waals surface area contributed by atoms with Gasteiger partial charge in [-0.2, -0.15) is 0 Å². The van der Waals surface area contributed by atoms with Crippen LogP contribution in [0.4, 0.5) is 0 Å². The van der Waals surface area contributed by atoms with E-state index < -0.39 is 36.9 Å². The molecule has 0 fully saturated rings. The molecule has 4 atom stereocenters. The van der Waals surface area contributed by atoms with Gasteiger partial charge in [-0.1, -0.05) is 302 Å². The molecule has 6 heteroatoms. The van der Waals surface area contributed by atoms with E-state index in [1.54, 1.807) is 0 Å². The summed E-state index contributed by atoms with van der Waals surface area (Å²) in [6.07, 6.45) is 64.4. The highest BCUT2D eigenvalue weighted by molar-refractivity contribution is 5.80. The van der Waals surface area contributed by atoms with Crippen molar-refractivity contribution in [3.63, 3.8) is 0 Å². The number of nitrogens with one attached hydrogen (secondary N) is 1. The number of unbranched alkanes of at least 4 members (excludes halogenated alkanes) is 44. The quantitative estimate of drug-likeness (QED) is 0.0308. The molecule has 0 saturated carbocycles. The first kappa shape index (κ1) is 64.0. The average Bonchev–Trinajstić information content (AvgIpc) is 3.31. The molecule has 0 radical (unpaired) electrons. The van der Waals surface area contributed by atoms with Crippen molar-refractivity contribution in [1.29, 1.82) is 0 Å². The lowest BCUT2D eigenvalue weighted by molar-refractivity contribution is -0.132. The lowest BCUT2D eigenvalue weighted by Gasteiger charge is -2.27. The second kappa shape index (κ2) is 54.0. The van der Waals surface area contributed by atoms with E-state index in [0.717, 1.165) is 38.5 Å². The number of allylic oxidation sites excluding steroid dienone is 2. The van der Waals surface area contributed by atoms with Crippen LogP contribution in [0.3, 0.4) is 0 Å². The Kier molecular flexibility index (Phi) is 53.2. The molecule has 0 bridgehead atoms. The van der Waals surface area contributed by atoms with Crippen LogP contribution >= 0.6 is 0 Å². The van der Waals surface area contributed by atoms with E-state index in [9.17, 15) is 25.2 Å². The minimum Gasteiger partial charge on any atom is -0.394 e. The van der Waals surface area contributed by atoms with Crippen LogP contribution in [0.1, 0.15) is 328 Å². The van der Waals surface area contributed by atoms with Crippen molar-refractivity contribution in [2.45, 2.75) is 353 Å². The predicted molar refractivity (Wildman–Crippen MR) is 284 cm³/mol. The molecule has 0 aromatic heterocycles. The average molecular weight is 921 g/mol. The number of carbonyl (C=O) groups is 1. The summed E-state index contributed by atoms with van der Waals surface area (Å²) in [7, 11) is 0. The van der Waals surface area contributed by atoms with Crippen molar-refractivity contribution >= 4 is 5.91 Å². The molecular formula is C59H117NO5. The largest absolute Gasteiger partial charge is 0.394 e. The third-order valence-corrected chi connectivity index (χ3v) is 14.2. The van der Waals surface area contributed by atoms with Crippen molar-refractivity contribution in [2.24, 2.45) is 0 Å². The summed E-state index contributed by atoms with van der Waals surface area (Å²) in [6.45, 7) is 4.09. The predicted octanol–water partition coefficient (Wildman–Crippen LogP) is 17.3. The van der Waals surface area contributed by atoms with E-state index in [2.05, 4.69) is 31.3 Å². The Hall–Kier alpha value is -0.950. The van der Waals surface area contributed by atoms with Gasteiger partial charge in [0.15, 0.2) is 0 Å². The molecule has 65 heavy (non-hydrogen) atoms. The second-order valence-electron chi connectivity index (χ2n) is 20.7. The van der Waals surface area contributed by atoms with Crippen LogP contribution in [0.5, 0.6) is 0 Å². The first-order valence-corrected chi connectivity index (χ1v) is 29.6. The maximum atomic E-state index is 12.6. The van der Waals surface area contributed by atoms with Gasteiger partial charge in [0, 0.05) is 0 Å². The van der Waals surface area contributed by atoms with Gasteiger partial charge in [-0.05, 0) is 38.5 Å². The molecule has 0 saturated heterocycles. The zero-order valence-corrected chi connectivity index (χ0v) is 44.0. The van der Waals surface area contributed by atoms with Crippen LogP contribution in [0.2, 0.25) is 0 Å². The standard InChI is InChI=1S/C59H117NO5/c1-3-5-7-9-11-13-15-17-19-20-21-22-23-24-25-26-27-28-29-30-31-32-33-34-35-36-37-39-41-43-45-47-49-51-53-57(63)59(65)60-55(54-61)58(64)56(62)52-50-48-46-44-42-40-38-18-16-14-12-10-8-6-4-2/h26-27,55-58,61-64H,3-25,28-54H2,1-2H3,(H,60,65)/b27-26-. The number of carbonyl (C=O) groups excluding carboxylic acids is 1. The smallest absolute Gasteiger partial charge is 0.249 e. The Labute approximate surface area is 406 Å². The van der Waals surface area contributed by atoms with Crippen LogP contribution < -0.4 is 5.32 Å². The number of aliphatic hydroxyl groups excluding tert-OH is 4. The Morgan fingerprint density at radius 3 is 0.892 bits per heavy atom. The first-order valence-electron chi connectivity index (χ1n) is 29.6. The van der Waals surface area contributed by atoms with E-state index in [-0.39, 0.29) is 0 Å². The molecule has 0 aliphatic rings. The van der Waals surface area contributed by atoms with Crippen molar-refractivity contribution in [2.75, 3.05) is 6.61 Å². The lowest BCUT2D eigenvalue weighted by Crippen LogP contribution is -2.53. The Morgan fingerprint density at radius 1 is 0.369 bits per heavy atom. The molecule has 4 unspecified atom stereocenters. The SMILES string of the molecule is CCCCCCCCCCCCCCCC/C=C\CCCCCCCCCCCCCCCCCCC(O)C(=O)NC(CO)C(O)C(O)CCCCCCCCCCCCCCCCC. The van der Waals surface area contributed by atoms with E-state index in [4.69, 9.17) is 0 Å². The van der Waals surface area contributed by atoms with Crippen molar-refractivity contribution < 1.29 is 25.2 Å². The van der Waals surface area contributed by atoms with Crippen LogP contribution in [-0.4, -0.2) is 57.3 Å². The topological polar surface area (TPSA) is 110 Å². The normalized spacial score (nSPS) is 13.8. The van der Waals surface area contributed by atoms with Crippen LogP contribution in [-0.2, 0) is 4.79 Å². The van der Waals surface area contributed by atoms with Gasteiger partial charge < -0.3 is 25.7 Å². The third-order valence-electron chi connectivity index (χ3n) is 14.2. The summed E-state index contributed by atoms with van der Waals surface area (Å²) in [5.41, 5.74) is 0. The zero-order chi connectivity index (χ0) is 47.4. The van der Waals surface area contributed by atoms with Gasteiger partial charge in [0.2, 0.25) is 5.91 Å². The van der Waals surface area contributed by atoms with Gasteiger partial charge in [0.25, 0.3) is 0 Å². The summed E-state index contributed by atoms with van der Waals surface area (Å²) in [5.74, 6) is -0.578. The molecule has 0 aromatic carbocycles. The van der Waals surface area contributed by atoms with E-state index in [1.165, 1.54) is 263 Å². The van der Waals surface area contributed by atoms with Crippen molar-refractivity contribution in [1.82, 2.24) is 5.32 Å². The summed E-state index contributed by atoms with van der Waals surface area (Å²) >= 11 is 0. The first-order chi connectivity index (χ1) is 32.0. The highest BCUT2D eigenvalue weighted by atomic mass is 16.3. The lowest BCUT2D eigenvalue weighted by atomic mass is 9.99. The Bertz CT molecular complexity index is 944. The number of hydrogen-bond acceptors (Lipinski definition) is 5. The minimum atomic E-state index is -1.26. The molecular weight excluding hydrogens is 803 g/mol. The van der Waals surface area contributed by atoms with Crippen LogP contribution in [0, 0.1) is 0 Å². The Morgan fingerprint density at radius 2 is 0.615 bits per heavy atom. The van der Waals surface area contributed by atoms with Crippen molar-refractivity contribution in [3.05, 3.63) is 12.2 Å². The molecule has 1 amide bonds. The fraction of sp³-hybridized carbons (Fsp3) is 0.949. The molecule has 0 heterocycles. The zero-order valence-electron chi connectivity index (χ0n) is 44.0.